The standard InChI is InChI=1S/C24H29F3N4O2/c1-13-16-11-18(22(21(13)16)23(28)15(3)32)29-12-20(33)31-9-7-30(8-10-31)19-6-4-5-17(14(19)2)24(25,26)27/h4-6,13,16,21H,7-12,28H2,1-3H3/b23-22+,29-18?. The number of hydrogen-bond acceptors (Lipinski definition) is 5. The molecule has 9 heteroatoms. The van der Waals surface area contributed by atoms with Crippen LogP contribution in [0.4, 0.5) is 18.9 Å². The largest absolute Gasteiger partial charge is 0.416 e. The number of allylic oxidation sites excluding steroid dienone is 2. The number of Topliss-reactive ketones (excluding diaryl/α,β-unsaturated/α-hetero) is 1. The molecule has 2 N–H and O–H groups in total. The van der Waals surface area contributed by atoms with Crippen LogP contribution in [0.5, 0.6) is 0 Å². The summed E-state index contributed by atoms with van der Waals surface area (Å²) in [6.07, 6.45) is -3.65. The van der Waals surface area contributed by atoms with Crippen LogP contribution in [0.15, 0.2) is 34.5 Å². The summed E-state index contributed by atoms with van der Waals surface area (Å²) in [6, 6.07) is 4.20. The van der Waals surface area contributed by atoms with E-state index in [4.69, 9.17) is 5.73 Å². The summed E-state index contributed by atoms with van der Waals surface area (Å²) in [5.74, 6) is 0.898. The van der Waals surface area contributed by atoms with Crippen LogP contribution >= 0.6 is 0 Å². The zero-order chi connectivity index (χ0) is 24.1. The molecule has 0 aromatic heterocycles. The van der Waals surface area contributed by atoms with Crippen LogP contribution < -0.4 is 10.6 Å². The zero-order valence-corrected chi connectivity index (χ0v) is 19.1. The van der Waals surface area contributed by atoms with Crippen molar-refractivity contribution in [2.24, 2.45) is 28.5 Å². The Kier molecular flexibility index (Phi) is 6.01. The van der Waals surface area contributed by atoms with Crippen LogP contribution in [0.2, 0.25) is 0 Å². The molecule has 1 saturated heterocycles. The summed E-state index contributed by atoms with van der Waals surface area (Å²) in [5.41, 5.74) is 7.99. The Morgan fingerprint density at radius 2 is 1.85 bits per heavy atom. The molecule has 1 aromatic rings. The summed E-state index contributed by atoms with van der Waals surface area (Å²) in [5, 5.41) is 0. The molecule has 1 aromatic carbocycles. The van der Waals surface area contributed by atoms with Crippen molar-refractivity contribution in [3.63, 3.8) is 0 Å². The quantitative estimate of drug-likeness (QED) is 0.697. The minimum absolute atomic E-state index is 0.0135. The third-order valence-corrected chi connectivity index (χ3v) is 7.29. The van der Waals surface area contributed by atoms with Gasteiger partial charge in [0.15, 0.2) is 5.78 Å². The van der Waals surface area contributed by atoms with Crippen LogP contribution in [0, 0.1) is 24.7 Å². The second kappa shape index (κ2) is 8.50. The monoisotopic (exact) mass is 462 g/mol. The van der Waals surface area contributed by atoms with Crippen LogP contribution in [-0.4, -0.2) is 55.0 Å². The Bertz CT molecular complexity index is 1040. The lowest BCUT2D eigenvalue weighted by Gasteiger charge is -2.37. The van der Waals surface area contributed by atoms with Gasteiger partial charge >= 0.3 is 6.18 Å². The van der Waals surface area contributed by atoms with Gasteiger partial charge in [0.1, 0.15) is 6.54 Å². The van der Waals surface area contributed by atoms with E-state index >= 15 is 0 Å². The maximum absolute atomic E-state index is 13.2. The van der Waals surface area contributed by atoms with Gasteiger partial charge in [-0.3, -0.25) is 14.6 Å². The SMILES string of the molecule is CC(=O)/C(N)=C1/C(=NCC(=O)N2CCN(c3cccc(C(F)(F)F)c3C)CC2)CC2C(C)C12. The lowest BCUT2D eigenvalue weighted by atomic mass is 10.0. The lowest BCUT2D eigenvalue weighted by molar-refractivity contribution is -0.138. The molecule has 0 radical (unpaired) electrons. The number of hydrogen-bond donors (Lipinski definition) is 1. The number of anilines is 1. The molecule has 2 saturated carbocycles. The molecule has 0 spiro atoms. The van der Waals surface area contributed by atoms with E-state index in [1.54, 1.807) is 11.0 Å². The highest BCUT2D eigenvalue weighted by Gasteiger charge is 2.56. The molecule has 3 fully saturated rings. The second-order valence-corrected chi connectivity index (χ2v) is 9.21. The van der Waals surface area contributed by atoms with E-state index in [2.05, 4.69) is 11.9 Å². The smallest absolute Gasteiger partial charge is 0.396 e. The lowest BCUT2D eigenvalue weighted by Crippen LogP contribution is -2.49. The topological polar surface area (TPSA) is 79.0 Å². The van der Waals surface area contributed by atoms with E-state index in [0.29, 0.717) is 43.7 Å². The predicted molar refractivity (Wildman–Crippen MR) is 120 cm³/mol. The van der Waals surface area contributed by atoms with Crippen LogP contribution in [-0.2, 0) is 15.8 Å². The molecule has 3 atom stereocenters. The number of nitrogens with two attached hydrogens (primary N) is 1. The Morgan fingerprint density at radius 1 is 1.18 bits per heavy atom. The number of halogens is 3. The number of nitrogens with zero attached hydrogens (tertiary/aromatic N) is 3. The van der Waals surface area contributed by atoms with Crippen molar-refractivity contribution in [3.05, 3.63) is 40.6 Å². The average Bonchev–Trinajstić information content (AvgIpc) is 3.21. The number of benzene rings is 1. The molecule has 2 aliphatic carbocycles. The van der Waals surface area contributed by atoms with Crippen molar-refractivity contribution in [3.8, 4) is 0 Å². The highest BCUT2D eigenvalue weighted by atomic mass is 19.4. The maximum atomic E-state index is 13.2. The molecule has 4 rings (SSSR count). The van der Waals surface area contributed by atoms with E-state index in [1.165, 1.54) is 19.9 Å². The molecule has 33 heavy (non-hydrogen) atoms. The van der Waals surface area contributed by atoms with Crippen molar-refractivity contribution in [1.82, 2.24) is 4.90 Å². The second-order valence-electron chi connectivity index (χ2n) is 9.21. The zero-order valence-electron chi connectivity index (χ0n) is 19.1. The summed E-state index contributed by atoms with van der Waals surface area (Å²) < 4.78 is 39.7. The highest BCUT2D eigenvalue weighted by molar-refractivity contribution is 6.11. The third kappa shape index (κ3) is 4.37. The van der Waals surface area contributed by atoms with Gasteiger partial charge in [0.05, 0.1) is 11.3 Å². The van der Waals surface area contributed by atoms with Crippen LogP contribution in [0.25, 0.3) is 0 Å². The number of carbonyl (C=O) groups is 2. The molecular formula is C24H29F3N4O2. The Morgan fingerprint density at radius 3 is 2.45 bits per heavy atom. The van der Waals surface area contributed by atoms with Crippen molar-refractivity contribution < 1.29 is 22.8 Å². The number of alkyl halides is 3. The summed E-state index contributed by atoms with van der Waals surface area (Å²) in [4.78, 5) is 32.7. The molecule has 178 valence electrons. The van der Waals surface area contributed by atoms with Gasteiger partial charge in [-0.05, 0) is 48.8 Å². The normalized spacial score (nSPS) is 27.6. The van der Waals surface area contributed by atoms with Crippen LogP contribution in [0.1, 0.15) is 31.4 Å². The number of amides is 1. The van der Waals surface area contributed by atoms with Crippen molar-refractivity contribution in [2.45, 2.75) is 33.4 Å². The predicted octanol–water partition coefficient (Wildman–Crippen LogP) is 3.19. The fourth-order valence-electron chi connectivity index (χ4n) is 5.27. The van der Waals surface area contributed by atoms with Gasteiger partial charge in [-0.1, -0.05) is 13.0 Å². The number of piperazine rings is 1. The number of carbonyl (C=O) groups excluding carboxylic acids is 2. The molecule has 3 aliphatic rings. The third-order valence-electron chi connectivity index (χ3n) is 7.29. The Hall–Kier alpha value is -2.84. The molecule has 1 heterocycles. The molecule has 0 bridgehead atoms. The number of fused-ring (bicyclic) bond motifs is 1. The van der Waals surface area contributed by atoms with E-state index in [0.717, 1.165) is 23.8 Å². The van der Waals surface area contributed by atoms with Crippen molar-refractivity contribution in [1.29, 1.82) is 0 Å². The number of ketones is 1. The van der Waals surface area contributed by atoms with Crippen LogP contribution in [0.3, 0.4) is 0 Å². The van der Waals surface area contributed by atoms with Gasteiger partial charge < -0.3 is 15.5 Å². The molecule has 6 nitrogen and oxygen atoms in total. The Balaban J connectivity index is 1.39. The first-order valence-corrected chi connectivity index (χ1v) is 11.2. The van der Waals surface area contributed by atoms with Crippen molar-refractivity contribution >= 4 is 23.1 Å². The molecular weight excluding hydrogens is 433 g/mol. The van der Waals surface area contributed by atoms with Gasteiger partial charge in [0.2, 0.25) is 5.91 Å². The van der Waals surface area contributed by atoms with Gasteiger partial charge in [-0.15, -0.1) is 0 Å². The fourth-order valence-corrected chi connectivity index (χ4v) is 5.27. The van der Waals surface area contributed by atoms with Gasteiger partial charge in [-0.25, -0.2) is 0 Å². The minimum atomic E-state index is -4.39. The van der Waals surface area contributed by atoms with E-state index in [1.807, 2.05) is 4.90 Å². The van der Waals surface area contributed by atoms with Crippen molar-refractivity contribution in [2.75, 3.05) is 37.6 Å². The Labute approximate surface area is 191 Å². The van der Waals surface area contributed by atoms with E-state index < -0.39 is 11.7 Å². The average molecular weight is 463 g/mol. The summed E-state index contributed by atoms with van der Waals surface area (Å²) in [7, 11) is 0. The van der Waals surface area contributed by atoms with E-state index in [9.17, 15) is 22.8 Å². The first kappa shape index (κ1) is 23.3. The first-order valence-electron chi connectivity index (χ1n) is 11.2. The molecule has 3 unspecified atom stereocenters. The van der Waals surface area contributed by atoms with Gasteiger partial charge in [0.25, 0.3) is 0 Å². The first-order chi connectivity index (χ1) is 15.5. The summed E-state index contributed by atoms with van der Waals surface area (Å²) >= 11 is 0. The fraction of sp³-hybridized carbons (Fsp3) is 0.542. The molecule has 1 aliphatic heterocycles. The molecule has 1 amide bonds. The van der Waals surface area contributed by atoms with E-state index in [-0.39, 0.29) is 35.4 Å². The maximum Gasteiger partial charge on any atom is 0.416 e. The highest BCUT2D eigenvalue weighted by Crippen LogP contribution is 2.59. The minimum Gasteiger partial charge on any atom is -0.396 e. The number of aliphatic imine (C=N–C) groups is 1. The summed E-state index contributed by atoms with van der Waals surface area (Å²) in [6.45, 7) is 6.79. The number of rotatable bonds is 4. The van der Waals surface area contributed by atoms with Gasteiger partial charge in [0, 0.05) is 50.1 Å². The van der Waals surface area contributed by atoms with Gasteiger partial charge in [-0.2, -0.15) is 13.2 Å².